The SMILES string of the molecule is COc1ccc([C@@H](C)NC(=O)COc2ccc(S(=O)(=O)NC(C)C)cc2C)cc1OC. The molecule has 9 heteroatoms. The Kier molecular flexibility index (Phi) is 8.29. The van der Waals surface area contributed by atoms with Crippen molar-refractivity contribution in [3.8, 4) is 17.2 Å². The topological polar surface area (TPSA) is 103 Å². The quantitative estimate of drug-likeness (QED) is 0.577. The van der Waals surface area contributed by atoms with Gasteiger partial charge in [-0.15, -0.1) is 0 Å². The molecule has 0 aliphatic rings. The van der Waals surface area contributed by atoms with Crippen molar-refractivity contribution >= 4 is 15.9 Å². The number of carbonyl (C=O) groups is 1. The summed E-state index contributed by atoms with van der Waals surface area (Å²) in [6.07, 6.45) is 0. The molecule has 2 rings (SSSR count). The molecule has 1 atom stereocenters. The third kappa shape index (κ3) is 6.60. The normalized spacial score (nSPS) is 12.4. The lowest BCUT2D eigenvalue weighted by atomic mass is 10.1. The van der Waals surface area contributed by atoms with Crippen LogP contribution in [0, 0.1) is 6.92 Å². The number of ether oxygens (including phenoxy) is 3. The van der Waals surface area contributed by atoms with Crippen LogP contribution in [-0.2, 0) is 14.8 Å². The predicted molar refractivity (Wildman–Crippen MR) is 118 cm³/mol. The summed E-state index contributed by atoms with van der Waals surface area (Å²) in [5, 5.41) is 2.87. The van der Waals surface area contributed by atoms with E-state index in [0.717, 1.165) is 5.56 Å². The summed E-state index contributed by atoms with van der Waals surface area (Å²) < 4.78 is 43.2. The van der Waals surface area contributed by atoms with Crippen molar-refractivity contribution < 1.29 is 27.4 Å². The van der Waals surface area contributed by atoms with Gasteiger partial charge in [-0.05, 0) is 69.2 Å². The molecule has 0 aliphatic heterocycles. The molecule has 0 fully saturated rings. The smallest absolute Gasteiger partial charge is 0.258 e. The van der Waals surface area contributed by atoms with E-state index in [0.29, 0.717) is 22.8 Å². The van der Waals surface area contributed by atoms with Gasteiger partial charge in [-0.1, -0.05) is 6.07 Å². The fraction of sp³-hybridized carbons (Fsp3) is 0.409. The number of nitrogens with one attached hydrogen (secondary N) is 2. The molecule has 0 spiro atoms. The van der Waals surface area contributed by atoms with Crippen molar-refractivity contribution in [3.63, 3.8) is 0 Å². The largest absolute Gasteiger partial charge is 0.493 e. The van der Waals surface area contributed by atoms with Crippen molar-refractivity contribution in [3.05, 3.63) is 47.5 Å². The molecule has 1 amide bonds. The molecule has 0 radical (unpaired) electrons. The summed E-state index contributed by atoms with van der Waals surface area (Å²) in [4.78, 5) is 12.5. The van der Waals surface area contributed by atoms with Crippen molar-refractivity contribution in [1.82, 2.24) is 10.0 Å². The van der Waals surface area contributed by atoms with Gasteiger partial charge in [0.15, 0.2) is 18.1 Å². The van der Waals surface area contributed by atoms with Gasteiger partial charge in [-0.3, -0.25) is 4.79 Å². The maximum atomic E-state index is 12.3. The standard InChI is InChI=1S/C22H30N2O6S/c1-14(2)24-31(26,27)18-8-10-19(15(3)11-18)30-13-22(25)23-16(4)17-7-9-20(28-5)21(12-17)29-6/h7-12,14,16,24H,13H2,1-6H3,(H,23,25)/t16-/m1/s1. The average molecular weight is 451 g/mol. The van der Waals surface area contributed by atoms with Crippen LogP contribution in [0.15, 0.2) is 41.3 Å². The molecular formula is C22H30N2O6S. The molecule has 0 aliphatic carbocycles. The van der Waals surface area contributed by atoms with E-state index in [2.05, 4.69) is 10.0 Å². The molecule has 170 valence electrons. The van der Waals surface area contributed by atoms with Crippen LogP contribution >= 0.6 is 0 Å². The Bertz CT molecular complexity index is 1020. The summed E-state index contributed by atoms with van der Waals surface area (Å²) in [5.41, 5.74) is 1.47. The molecule has 31 heavy (non-hydrogen) atoms. The molecular weight excluding hydrogens is 420 g/mol. The van der Waals surface area contributed by atoms with Crippen LogP contribution in [0.1, 0.15) is 37.9 Å². The van der Waals surface area contributed by atoms with Crippen molar-refractivity contribution in [1.29, 1.82) is 0 Å². The van der Waals surface area contributed by atoms with Crippen molar-refractivity contribution in [2.75, 3.05) is 20.8 Å². The fourth-order valence-electron chi connectivity index (χ4n) is 2.96. The van der Waals surface area contributed by atoms with Crippen LogP contribution in [0.25, 0.3) is 0 Å². The van der Waals surface area contributed by atoms with Crippen molar-refractivity contribution in [2.45, 2.75) is 44.7 Å². The van der Waals surface area contributed by atoms with Crippen LogP contribution in [0.2, 0.25) is 0 Å². The highest BCUT2D eigenvalue weighted by Gasteiger charge is 2.17. The summed E-state index contributed by atoms with van der Waals surface area (Å²) in [6.45, 7) is 6.89. The third-order valence-corrected chi connectivity index (χ3v) is 6.15. The van der Waals surface area contributed by atoms with Gasteiger partial charge in [0.25, 0.3) is 5.91 Å². The van der Waals surface area contributed by atoms with E-state index in [-0.39, 0.29) is 29.5 Å². The number of hydrogen-bond donors (Lipinski definition) is 2. The summed E-state index contributed by atoms with van der Waals surface area (Å²) in [7, 11) is -0.479. The maximum Gasteiger partial charge on any atom is 0.258 e. The molecule has 0 saturated heterocycles. The van der Waals surface area contributed by atoms with Gasteiger partial charge in [-0.25, -0.2) is 13.1 Å². The zero-order valence-corrected chi connectivity index (χ0v) is 19.5. The van der Waals surface area contributed by atoms with E-state index < -0.39 is 10.0 Å². The average Bonchev–Trinajstić information content (AvgIpc) is 2.71. The van der Waals surface area contributed by atoms with Crippen LogP contribution in [0.3, 0.4) is 0 Å². The Labute approximate surface area is 184 Å². The maximum absolute atomic E-state index is 12.3. The van der Waals surface area contributed by atoms with Gasteiger partial charge < -0.3 is 19.5 Å². The van der Waals surface area contributed by atoms with Gasteiger partial charge in [-0.2, -0.15) is 0 Å². The lowest BCUT2D eigenvalue weighted by molar-refractivity contribution is -0.123. The minimum absolute atomic E-state index is 0.151. The summed E-state index contributed by atoms with van der Waals surface area (Å²) >= 11 is 0. The summed E-state index contributed by atoms with van der Waals surface area (Å²) in [6, 6.07) is 9.47. The van der Waals surface area contributed by atoms with E-state index >= 15 is 0 Å². The van der Waals surface area contributed by atoms with Gasteiger partial charge in [0.05, 0.1) is 25.2 Å². The number of aryl methyl sites for hydroxylation is 1. The zero-order valence-electron chi connectivity index (χ0n) is 18.7. The first-order valence-corrected chi connectivity index (χ1v) is 11.3. The molecule has 0 aromatic heterocycles. The number of carbonyl (C=O) groups excluding carboxylic acids is 1. The minimum Gasteiger partial charge on any atom is -0.493 e. The number of sulfonamides is 1. The van der Waals surface area contributed by atoms with E-state index in [9.17, 15) is 13.2 Å². The van der Waals surface area contributed by atoms with Crippen LogP contribution in [-0.4, -0.2) is 41.2 Å². The van der Waals surface area contributed by atoms with E-state index in [4.69, 9.17) is 14.2 Å². The molecule has 0 bridgehead atoms. The molecule has 8 nitrogen and oxygen atoms in total. The van der Waals surface area contributed by atoms with Gasteiger partial charge in [0.2, 0.25) is 10.0 Å². The second kappa shape index (κ2) is 10.5. The Morgan fingerprint density at radius 3 is 2.19 bits per heavy atom. The Morgan fingerprint density at radius 1 is 0.968 bits per heavy atom. The molecule has 2 aromatic carbocycles. The number of hydrogen-bond acceptors (Lipinski definition) is 6. The van der Waals surface area contributed by atoms with E-state index in [1.807, 2.05) is 13.0 Å². The van der Waals surface area contributed by atoms with Crippen LogP contribution < -0.4 is 24.2 Å². The second-order valence-electron chi connectivity index (χ2n) is 7.40. The fourth-order valence-corrected chi connectivity index (χ4v) is 4.30. The zero-order chi connectivity index (χ0) is 23.2. The second-order valence-corrected chi connectivity index (χ2v) is 9.11. The monoisotopic (exact) mass is 450 g/mol. The molecule has 2 N–H and O–H groups in total. The number of benzene rings is 2. The van der Waals surface area contributed by atoms with Gasteiger partial charge in [0.1, 0.15) is 5.75 Å². The lowest BCUT2D eigenvalue weighted by Crippen LogP contribution is -2.31. The number of methoxy groups -OCH3 is 2. The highest BCUT2D eigenvalue weighted by atomic mass is 32.2. The first-order valence-electron chi connectivity index (χ1n) is 9.84. The molecule has 0 heterocycles. The van der Waals surface area contributed by atoms with E-state index in [1.54, 1.807) is 53.2 Å². The Balaban J connectivity index is 2.00. The minimum atomic E-state index is -3.59. The van der Waals surface area contributed by atoms with Crippen LogP contribution in [0.5, 0.6) is 17.2 Å². The first-order chi connectivity index (χ1) is 14.6. The molecule has 2 aromatic rings. The predicted octanol–water partition coefficient (Wildman–Crippen LogP) is 2.96. The van der Waals surface area contributed by atoms with Crippen molar-refractivity contribution in [2.24, 2.45) is 0 Å². The highest BCUT2D eigenvalue weighted by Crippen LogP contribution is 2.30. The Hall–Kier alpha value is -2.78. The van der Waals surface area contributed by atoms with Crippen LogP contribution in [0.4, 0.5) is 0 Å². The van der Waals surface area contributed by atoms with E-state index in [1.165, 1.54) is 12.1 Å². The molecule has 0 unspecified atom stereocenters. The lowest BCUT2D eigenvalue weighted by Gasteiger charge is -2.17. The Morgan fingerprint density at radius 2 is 1.61 bits per heavy atom. The number of rotatable bonds is 10. The van der Waals surface area contributed by atoms with Gasteiger partial charge in [0, 0.05) is 6.04 Å². The third-order valence-electron chi connectivity index (χ3n) is 4.49. The van der Waals surface area contributed by atoms with Gasteiger partial charge >= 0.3 is 0 Å². The number of amides is 1. The summed E-state index contributed by atoms with van der Waals surface area (Å²) in [5.74, 6) is 1.32. The first kappa shape index (κ1) is 24.5. The highest BCUT2D eigenvalue weighted by molar-refractivity contribution is 7.89. The molecule has 0 saturated carbocycles.